The third kappa shape index (κ3) is 4.00. The molecule has 106 valence electrons. The summed E-state index contributed by atoms with van der Waals surface area (Å²) in [6.45, 7) is 3.09. The minimum absolute atomic E-state index is 0.434. The van der Waals surface area contributed by atoms with E-state index in [0.717, 1.165) is 5.56 Å². The first kappa shape index (κ1) is 15.6. The van der Waals surface area contributed by atoms with Crippen LogP contribution in [0.25, 0.3) is 0 Å². The van der Waals surface area contributed by atoms with Crippen LogP contribution in [0.5, 0.6) is 0 Å². The first-order valence-corrected chi connectivity index (χ1v) is 7.42. The van der Waals surface area contributed by atoms with Gasteiger partial charge in [0.2, 0.25) is 15.9 Å². The van der Waals surface area contributed by atoms with Crippen LogP contribution < -0.4 is 4.72 Å². The van der Waals surface area contributed by atoms with Gasteiger partial charge in [-0.2, -0.15) is 0 Å². The highest BCUT2D eigenvalue weighted by atomic mass is 32.2. The Morgan fingerprint density at radius 1 is 1.37 bits per heavy atom. The Hall–Kier alpha value is -1.47. The van der Waals surface area contributed by atoms with E-state index in [-0.39, 0.29) is 0 Å². The number of carbonyl (C=O) groups excluding carboxylic acids is 1. The average molecular weight is 285 g/mol. The van der Waals surface area contributed by atoms with Crippen molar-refractivity contribution in [1.29, 1.82) is 0 Å². The van der Waals surface area contributed by atoms with Gasteiger partial charge in [-0.1, -0.05) is 6.07 Å². The molecule has 0 radical (unpaired) electrons. The Bertz CT molecular complexity index is 528. The molecule has 0 spiro atoms. The maximum Gasteiger partial charge on any atom is 0.241 e. The molecule has 2 atom stereocenters. The summed E-state index contributed by atoms with van der Waals surface area (Å²) < 4.78 is 26.7. The summed E-state index contributed by atoms with van der Waals surface area (Å²) in [5, 5.41) is -1.12. The Morgan fingerprint density at radius 3 is 2.47 bits per heavy atom. The highest BCUT2D eigenvalue weighted by molar-refractivity contribution is 7.90. The van der Waals surface area contributed by atoms with Crippen LogP contribution in [0.3, 0.4) is 0 Å². The molecule has 1 amide bonds. The fraction of sp³-hybridized carbons (Fsp3) is 0.500. The number of pyridine rings is 1. The summed E-state index contributed by atoms with van der Waals surface area (Å²) in [6.07, 6.45) is 3.20. The van der Waals surface area contributed by atoms with Gasteiger partial charge in [0.25, 0.3) is 0 Å². The molecular formula is C12H19N3O3S. The second-order valence-electron chi connectivity index (χ2n) is 4.55. The topological polar surface area (TPSA) is 79.4 Å². The van der Waals surface area contributed by atoms with E-state index in [1.165, 1.54) is 25.9 Å². The number of nitrogens with one attached hydrogen (secondary N) is 1. The van der Waals surface area contributed by atoms with Gasteiger partial charge in [-0.3, -0.25) is 9.78 Å². The highest BCUT2D eigenvalue weighted by Gasteiger charge is 2.30. The lowest BCUT2D eigenvalue weighted by molar-refractivity contribution is -0.127. The minimum atomic E-state index is -3.72. The molecule has 19 heavy (non-hydrogen) atoms. The summed E-state index contributed by atoms with van der Waals surface area (Å²) in [5.41, 5.74) is 0.746. The van der Waals surface area contributed by atoms with E-state index in [4.69, 9.17) is 0 Å². The largest absolute Gasteiger partial charge is 0.348 e. The molecule has 1 N–H and O–H groups in total. The molecule has 0 aliphatic carbocycles. The van der Waals surface area contributed by atoms with Crippen LogP contribution in [0.2, 0.25) is 0 Å². The van der Waals surface area contributed by atoms with Crippen molar-refractivity contribution in [2.75, 3.05) is 14.1 Å². The SMILES string of the molecule is C[C@H](C(=O)N(C)C)S(=O)(=O)N[C@H](C)c1cccnc1. The van der Waals surface area contributed by atoms with Gasteiger partial charge in [-0.15, -0.1) is 0 Å². The van der Waals surface area contributed by atoms with E-state index >= 15 is 0 Å². The third-order valence-corrected chi connectivity index (χ3v) is 4.59. The molecule has 7 heteroatoms. The lowest BCUT2D eigenvalue weighted by atomic mass is 10.2. The molecule has 0 aliphatic heterocycles. The van der Waals surface area contributed by atoms with Crippen molar-refractivity contribution < 1.29 is 13.2 Å². The van der Waals surface area contributed by atoms with E-state index < -0.39 is 27.2 Å². The number of hydrogen-bond donors (Lipinski definition) is 1. The molecule has 0 aliphatic rings. The van der Waals surface area contributed by atoms with Crippen molar-refractivity contribution in [2.45, 2.75) is 25.1 Å². The van der Waals surface area contributed by atoms with E-state index in [9.17, 15) is 13.2 Å². The van der Waals surface area contributed by atoms with E-state index in [0.29, 0.717) is 0 Å². The molecule has 0 unspecified atom stereocenters. The van der Waals surface area contributed by atoms with Crippen molar-refractivity contribution in [3.63, 3.8) is 0 Å². The summed E-state index contributed by atoms with van der Waals surface area (Å²) >= 11 is 0. The Balaban J connectivity index is 2.83. The molecule has 0 aromatic carbocycles. The van der Waals surface area contributed by atoms with Crippen molar-refractivity contribution >= 4 is 15.9 Å². The van der Waals surface area contributed by atoms with Crippen molar-refractivity contribution in [1.82, 2.24) is 14.6 Å². The van der Waals surface area contributed by atoms with E-state index in [2.05, 4.69) is 9.71 Å². The van der Waals surface area contributed by atoms with Crippen LogP contribution in [-0.2, 0) is 14.8 Å². The smallest absolute Gasteiger partial charge is 0.241 e. The molecule has 1 rings (SSSR count). The fourth-order valence-electron chi connectivity index (χ4n) is 1.54. The van der Waals surface area contributed by atoms with Gasteiger partial charge in [0, 0.05) is 32.5 Å². The van der Waals surface area contributed by atoms with Crippen molar-refractivity contribution in [2.24, 2.45) is 0 Å². The molecule has 0 saturated carbocycles. The normalized spacial score (nSPS) is 14.7. The lowest BCUT2D eigenvalue weighted by Gasteiger charge is -2.20. The molecule has 1 aromatic heterocycles. The zero-order chi connectivity index (χ0) is 14.6. The van der Waals surface area contributed by atoms with Crippen LogP contribution in [0.15, 0.2) is 24.5 Å². The molecule has 6 nitrogen and oxygen atoms in total. The minimum Gasteiger partial charge on any atom is -0.348 e. The maximum atomic E-state index is 12.1. The number of amides is 1. The van der Waals surface area contributed by atoms with Gasteiger partial charge >= 0.3 is 0 Å². The lowest BCUT2D eigenvalue weighted by Crippen LogP contribution is -2.43. The molecule has 0 fully saturated rings. The average Bonchev–Trinajstić information content (AvgIpc) is 2.37. The standard InChI is InChI=1S/C12H19N3O3S/c1-9(11-6-5-7-13-8-11)14-19(17,18)10(2)12(16)15(3)4/h5-10,14H,1-4H3/t9-,10-/m1/s1. The van der Waals surface area contributed by atoms with Crippen molar-refractivity contribution in [3.05, 3.63) is 30.1 Å². The van der Waals surface area contributed by atoms with Gasteiger partial charge < -0.3 is 4.90 Å². The zero-order valence-corrected chi connectivity index (χ0v) is 12.3. The monoisotopic (exact) mass is 285 g/mol. The molecule has 1 heterocycles. The summed E-state index contributed by atoms with van der Waals surface area (Å²) in [6, 6.07) is 3.07. The predicted octanol–water partition coefficient (Wildman–Crippen LogP) is 0.539. The first-order chi connectivity index (χ1) is 8.75. The van der Waals surface area contributed by atoms with Crippen LogP contribution >= 0.6 is 0 Å². The summed E-state index contributed by atoms with van der Waals surface area (Å²) in [5.74, 6) is -0.453. The number of rotatable bonds is 5. The zero-order valence-electron chi connectivity index (χ0n) is 11.5. The van der Waals surface area contributed by atoms with E-state index in [1.54, 1.807) is 31.5 Å². The Kier molecular flexibility index (Phi) is 5.02. The van der Waals surface area contributed by atoms with Gasteiger partial charge in [0.05, 0.1) is 0 Å². The predicted molar refractivity (Wildman–Crippen MR) is 72.9 cm³/mol. The molecule has 1 aromatic rings. The first-order valence-electron chi connectivity index (χ1n) is 5.88. The number of sulfonamides is 1. The fourth-order valence-corrected chi connectivity index (χ4v) is 2.85. The molecule has 0 bridgehead atoms. The number of hydrogen-bond acceptors (Lipinski definition) is 4. The Labute approximate surface area is 113 Å². The van der Waals surface area contributed by atoms with Gasteiger partial charge in [-0.25, -0.2) is 13.1 Å². The van der Waals surface area contributed by atoms with Gasteiger partial charge in [0.1, 0.15) is 0 Å². The van der Waals surface area contributed by atoms with Crippen LogP contribution in [0.4, 0.5) is 0 Å². The van der Waals surface area contributed by atoms with E-state index in [1.807, 2.05) is 0 Å². The number of aromatic nitrogens is 1. The maximum absolute atomic E-state index is 12.1. The quantitative estimate of drug-likeness (QED) is 0.856. The van der Waals surface area contributed by atoms with Crippen molar-refractivity contribution in [3.8, 4) is 0 Å². The summed E-state index contributed by atoms with van der Waals surface area (Å²) in [4.78, 5) is 16.9. The number of nitrogens with zero attached hydrogens (tertiary/aromatic N) is 2. The van der Waals surface area contributed by atoms with Crippen LogP contribution in [-0.4, -0.2) is 43.6 Å². The van der Waals surface area contributed by atoms with Gasteiger partial charge in [0.15, 0.2) is 5.25 Å². The third-order valence-electron chi connectivity index (χ3n) is 2.78. The second-order valence-corrected chi connectivity index (χ2v) is 6.58. The summed E-state index contributed by atoms with van der Waals surface area (Å²) in [7, 11) is -0.668. The highest BCUT2D eigenvalue weighted by Crippen LogP contribution is 2.13. The molecular weight excluding hydrogens is 266 g/mol. The Morgan fingerprint density at radius 2 is 2.00 bits per heavy atom. The number of carbonyl (C=O) groups is 1. The second kappa shape index (κ2) is 6.12. The van der Waals surface area contributed by atoms with Crippen LogP contribution in [0.1, 0.15) is 25.5 Å². The van der Waals surface area contributed by atoms with Crippen LogP contribution in [0, 0.1) is 0 Å². The molecule has 0 saturated heterocycles. The van der Waals surface area contributed by atoms with Gasteiger partial charge in [-0.05, 0) is 25.5 Å².